The normalized spacial score (nSPS) is 10.2. The van der Waals surface area contributed by atoms with Crippen LogP contribution in [0.15, 0.2) is 48.5 Å². The maximum atomic E-state index is 12.0. The molecule has 2 rings (SSSR count). The molecule has 0 aromatic heterocycles. The summed E-state index contributed by atoms with van der Waals surface area (Å²) in [6.07, 6.45) is 0. The number of urea groups is 1. The van der Waals surface area contributed by atoms with Crippen LogP contribution in [0.25, 0.3) is 0 Å². The van der Waals surface area contributed by atoms with Crippen molar-refractivity contribution < 1.29 is 9.53 Å². The summed E-state index contributed by atoms with van der Waals surface area (Å²) in [6.45, 7) is 3.47. The van der Waals surface area contributed by atoms with Crippen LogP contribution in [0.4, 0.5) is 4.79 Å². The monoisotopic (exact) mass is 332 g/mol. The number of nitrogens with zero attached hydrogens (tertiary/aromatic N) is 1. The number of hydrogen-bond acceptors (Lipinski definition) is 2. The highest BCUT2D eigenvalue weighted by Gasteiger charge is 2.08. The van der Waals surface area contributed by atoms with Crippen LogP contribution in [0.1, 0.15) is 11.1 Å². The van der Waals surface area contributed by atoms with E-state index in [4.69, 9.17) is 16.3 Å². The average Bonchev–Trinajstić information content (AvgIpc) is 2.55. The van der Waals surface area contributed by atoms with Gasteiger partial charge in [0.15, 0.2) is 0 Å². The van der Waals surface area contributed by atoms with Crippen LogP contribution in [0.2, 0.25) is 5.02 Å². The Morgan fingerprint density at radius 2 is 1.78 bits per heavy atom. The molecule has 2 amide bonds. The van der Waals surface area contributed by atoms with E-state index in [0.717, 1.165) is 11.3 Å². The van der Waals surface area contributed by atoms with Gasteiger partial charge in [-0.1, -0.05) is 41.4 Å². The van der Waals surface area contributed by atoms with Crippen molar-refractivity contribution >= 4 is 17.6 Å². The van der Waals surface area contributed by atoms with Gasteiger partial charge in [0.2, 0.25) is 0 Å². The van der Waals surface area contributed by atoms with Crippen LogP contribution in [-0.4, -0.2) is 31.1 Å². The van der Waals surface area contributed by atoms with Gasteiger partial charge in [0.05, 0.1) is 6.54 Å². The molecule has 2 aromatic carbocycles. The molecule has 4 nitrogen and oxygen atoms in total. The predicted octanol–water partition coefficient (Wildman–Crippen LogP) is 3.87. The lowest BCUT2D eigenvalue weighted by atomic mass is 10.2. The number of rotatable bonds is 6. The Morgan fingerprint density at radius 1 is 1.13 bits per heavy atom. The topological polar surface area (TPSA) is 41.6 Å². The molecule has 0 atom stereocenters. The van der Waals surface area contributed by atoms with E-state index < -0.39 is 0 Å². The van der Waals surface area contributed by atoms with Gasteiger partial charge in [-0.25, -0.2) is 4.79 Å². The second kappa shape index (κ2) is 8.44. The van der Waals surface area contributed by atoms with Crippen molar-refractivity contribution in [2.75, 3.05) is 20.2 Å². The van der Waals surface area contributed by atoms with Crippen molar-refractivity contribution in [1.29, 1.82) is 0 Å². The summed E-state index contributed by atoms with van der Waals surface area (Å²) in [5, 5.41) is 3.55. The summed E-state index contributed by atoms with van der Waals surface area (Å²) in [5.41, 5.74) is 2.20. The van der Waals surface area contributed by atoms with E-state index in [1.54, 1.807) is 11.9 Å². The number of amides is 2. The SMILES string of the molecule is Cc1ccc(OCCN(C)C(=O)NCc2ccc(Cl)cc2)cc1. The molecule has 2 aromatic rings. The molecule has 5 heteroatoms. The molecule has 23 heavy (non-hydrogen) atoms. The van der Waals surface area contributed by atoms with Crippen molar-refractivity contribution in [3.63, 3.8) is 0 Å². The van der Waals surface area contributed by atoms with Crippen molar-refractivity contribution in [2.24, 2.45) is 0 Å². The molecule has 0 spiro atoms. The van der Waals surface area contributed by atoms with Crippen molar-refractivity contribution in [1.82, 2.24) is 10.2 Å². The minimum absolute atomic E-state index is 0.132. The molecule has 0 aliphatic carbocycles. The Balaban J connectivity index is 1.70. The number of aryl methyl sites for hydroxylation is 1. The van der Waals surface area contributed by atoms with Gasteiger partial charge in [-0.2, -0.15) is 0 Å². The largest absolute Gasteiger partial charge is 0.492 e. The van der Waals surface area contributed by atoms with Gasteiger partial charge < -0.3 is 15.0 Å². The Kier molecular flexibility index (Phi) is 6.29. The number of nitrogens with one attached hydrogen (secondary N) is 1. The number of carbonyl (C=O) groups is 1. The molecule has 0 fully saturated rings. The molecule has 0 bridgehead atoms. The first-order valence-corrected chi connectivity index (χ1v) is 7.85. The van der Waals surface area contributed by atoms with Crippen LogP contribution in [-0.2, 0) is 6.54 Å². The van der Waals surface area contributed by atoms with E-state index in [2.05, 4.69) is 5.32 Å². The van der Waals surface area contributed by atoms with E-state index in [1.165, 1.54) is 5.56 Å². The number of halogens is 1. The molecule has 0 radical (unpaired) electrons. The van der Waals surface area contributed by atoms with Gasteiger partial charge >= 0.3 is 6.03 Å². The molecule has 1 N–H and O–H groups in total. The number of carbonyl (C=O) groups excluding carboxylic acids is 1. The lowest BCUT2D eigenvalue weighted by Crippen LogP contribution is -2.39. The molecule has 0 saturated heterocycles. The van der Waals surface area contributed by atoms with Gasteiger partial charge in [-0.15, -0.1) is 0 Å². The zero-order chi connectivity index (χ0) is 16.7. The molecule has 0 saturated carbocycles. The summed E-state index contributed by atoms with van der Waals surface area (Å²) in [7, 11) is 1.75. The first kappa shape index (κ1) is 17.2. The zero-order valence-corrected chi connectivity index (χ0v) is 14.1. The lowest BCUT2D eigenvalue weighted by Gasteiger charge is -2.18. The fourth-order valence-corrected chi connectivity index (χ4v) is 2.08. The molecule has 0 unspecified atom stereocenters. The molecular weight excluding hydrogens is 312 g/mol. The third-order valence-electron chi connectivity index (χ3n) is 3.42. The minimum atomic E-state index is -0.132. The molecule has 0 aliphatic heterocycles. The molecule has 0 aliphatic rings. The van der Waals surface area contributed by atoms with Crippen LogP contribution in [0.3, 0.4) is 0 Å². The number of likely N-dealkylation sites (N-methyl/N-ethyl adjacent to an activating group) is 1. The average molecular weight is 333 g/mol. The van der Waals surface area contributed by atoms with E-state index in [0.29, 0.717) is 24.7 Å². The maximum absolute atomic E-state index is 12.0. The second-order valence-electron chi connectivity index (χ2n) is 5.37. The predicted molar refractivity (Wildman–Crippen MR) is 93.0 cm³/mol. The summed E-state index contributed by atoms with van der Waals surface area (Å²) >= 11 is 5.83. The van der Waals surface area contributed by atoms with Crippen LogP contribution >= 0.6 is 11.6 Å². The highest BCUT2D eigenvalue weighted by atomic mass is 35.5. The summed E-state index contributed by atoms with van der Waals surface area (Å²) in [6, 6.07) is 15.1. The van der Waals surface area contributed by atoms with E-state index in [9.17, 15) is 4.79 Å². The van der Waals surface area contributed by atoms with Crippen molar-refractivity contribution in [3.05, 3.63) is 64.7 Å². The summed E-state index contributed by atoms with van der Waals surface area (Å²) < 4.78 is 5.62. The second-order valence-corrected chi connectivity index (χ2v) is 5.80. The van der Waals surface area contributed by atoms with Gasteiger partial charge in [-0.05, 0) is 36.8 Å². The number of hydrogen-bond donors (Lipinski definition) is 1. The Labute approximate surface area is 142 Å². The highest BCUT2D eigenvalue weighted by Crippen LogP contribution is 2.11. The smallest absolute Gasteiger partial charge is 0.317 e. The Morgan fingerprint density at radius 3 is 2.43 bits per heavy atom. The van der Waals surface area contributed by atoms with Crippen LogP contribution < -0.4 is 10.1 Å². The number of ether oxygens (including phenoxy) is 1. The summed E-state index contributed by atoms with van der Waals surface area (Å²) in [5.74, 6) is 0.811. The lowest BCUT2D eigenvalue weighted by molar-refractivity contribution is 0.195. The molecular formula is C18H21ClN2O2. The van der Waals surface area contributed by atoms with Crippen molar-refractivity contribution in [2.45, 2.75) is 13.5 Å². The number of benzene rings is 2. The van der Waals surface area contributed by atoms with Gasteiger partial charge in [0.1, 0.15) is 12.4 Å². The Bertz CT molecular complexity index is 626. The van der Waals surface area contributed by atoms with E-state index in [1.807, 2.05) is 55.5 Å². The highest BCUT2D eigenvalue weighted by molar-refractivity contribution is 6.30. The first-order valence-electron chi connectivity index (χ1n) is 7.47. The molecule has 122 valence electrons. The molecule has 0 heterocycles. The standard InChI is InChI=1S/C18H21ClN2O2/c1-14-3-9-17(10-4-14)23-12-11-21(2)18(22)20-13-15-5-7-16(19)8-6-15/h3-10H,11-13H2,1-2H3,(H,20,22). The Hall–Kier alpha value is -2.20. The fourth-order valence-electron chi connectivity index (χ4n) is 1.95. The van der Waals surface area contributed by atoms with Gasteiger partial charge in [0, 0.05) is 18.6 Å². The van der Waals surface area contributed by atoms with Crippen LogP contribution in [0, 0.1) is 6.92 Å². The summed E-state index contributed by atoms with van der Waals surface area (Å²) in [4.78, 5) is 13.6. The quantitative estimate of drug-likeness (QED) is 0.872. The fraction of sp³-hybridized carbons (Fsp3) is 0.278. The maximum Gasteiger partial charge on any atom is 0.317 e. The van der Waals surface area contributed by atoms with Crippen LogP contribution in [0.5, 0.6) is 5.75 Å². The van der Waals surface area contributed by atoms with E-state index >= 15 is 0 Å². The zero-order valence-electron chi connectivity index (χ0n) is 13.4. The van der Waals surface area contributed by atoms with E-state index in [-0.39, 0.29) is 6.03 Å². The minimum Gasteiger partial charge on any atom is -0.492 e. The van der Waals surface area contributed by atoms with Gasteiger partial charge in [0.25, 0.3) is 0 Å². The van der Waals surface area contributed by atoms with Gasteiger partial charge in [-0.3, -0.25) is 0 Å². The third kappa shape index (κ3) is 5.83. The third-order valence-corrected chi connectivity index (χ3v) is 3.67. The van der Waals surface area contributed by atoms with Crippen molar-refractivity contribution in [3.8, 4) is 5.75 Å². The first-order chi connectivity index (χ1) is 11.0.